The topological polar surface area (TPSA) is 24.4 Å². The van der Waals surface area contributed by atoms with Gasteiger partial charge in [-0.3, -0.25) is 4.99 Å². The largest absolute Gasteiger partial charge is 0.360 e. The minimum Gasteiger partial charge on any atom is -0.360 e. The highest BCUT2D eigenvalue weighted by atomic mass is 32.2. The van der Waals surface area contributed by atoms with Crippen LogP contribution in [0.1, 0.15) is 31.6 Å². The van der Waals surface area contributed by atoms with Crippen molar-refractivity contribution in [3.8, 4) is 0 Å². The molecule has 94 valence electrons. The third-order valence-electron chi connectivity index (χ3n) is 3.25. The third-order valence-corrected chi connectivity index (χ3v) is 5.46. The molecule has 0 saturated heterocycles. The van der Waals surface area contributed by atoms with E-state index in [1.54, 1.807) is 11.3 Å². The SMILES string of the molecule is CCC(CC)C1CN=C(NCc2cccs2)S1. The Morgan fingerprint density at radius 3 is 2.94 bits per heavy atom. The second-order valence-corrected chi connectivity index (χ2v) is 6.57. The Morgan fingerprint density at radius 1 is 1.47 bits per heavy atom. The number of thioether (sulfide) groups is 1. The van der Waals surface area contributed by atoms with Crippen molar-refractivity contribution in [2.75, 3.05) is 6.54 Å². The monoisotopic (exact) mass is 268 g/mol. The maximum Gasteiger partial charge on any atom is 0.157 e. The van der Waals surface area contributed by atoms with Gasteiger partial charge in [0.05, 0.1) is 13.1 Å². The van der Waals surface area contributed by atoms with Crippen molar-refractivity contribution >= 4 is 28.3 Å². The summed E-state index contributed by atoms with van der Waals surface area (Å²) >= 11 is 3.73. The maximum absolute atomic E-state index is 4.61. The van der Waals surface area contributed by atoms with Gasteiger partial charge >= 0.3 is 0 Å². The zero-order valence-corrected chi connectivity index (χ0v) is 12.1. The third kappa shape index (κ3) is 3.49. The molecular formula is C13H20N2S2. The quantitative estimate of drug-likeness (QED) is 0.879. The summed E-state index contributed by atoms with van der Waals surface area (Å²) in [5, 5.41) is 7.38. The van der Waals surface area contributed by atoms with Gasteiger partial charge in [0, 0.05) is 10.1 Å². The van der Waals surface area contributed by atoms with Gasteiger partial charge < -0.3 is 5.32 Å². The van der Waals surface area contributed by atoms with Crippen LogP contribution < -0.4 is 5.32 Å². The zero-order valence-electron chi connectivity index (χ0n) is 10.5. The lowest BCUT2D eigenvalue weighted by Gasteiger charge is -2.18. The first kappa shape index (κ1) is 13.0. The van der Waals surface area contributed by atoms with E-state index in [1.165, 1.54) is 17.7 Å². The van der Waals surface area contributed by atoms with Crippen LogP contribution in [0.3, 0.4) is 0 Å². The molecule has 4 heteroatoms. The molecule has 0 radical (unpaired) electrons. The fraction of sp³-hybridized carbons (Fsp3) is 0.615. The summed E-state index contributed by atoms with van der Waals surface area (Å²) in [6.07, 6.45) is 2.53. The van der Waals surface area contributed by atoms with Crippen LogP contribution in [-0.2, 0) is 6.54 Å². The van der Waals surface area contributed by atoms with E-state index in [4.69, 9.17) is 0 Å². The average molecular weight is 268 g/mol. The molecule has 1 aromatic heterocycles. The standard InChI is InChI=1S/C13H20N2S2/c1-3-10(4-2)12-9-15-13(17-12)14-8-11-6-5-7-16-11/h5-7,10,12H,3-4,8-9H2,1-2H3,(H,14,15). The van der Waals surface area contributed by atoms with Gasteiger partial charge in [-0.05, 0) is 17.4 Å². The van der Waals surface area contributed by atoms with E-state index in [0.29, 0.717) is 5.25 Å². The molecule has 0 bridgehead atoms. The van der Waals surface area contributed by atoms with Crippen molar-refractivity contribution < 1.29 is 0 Å². The molecule has 1 atom stereocenters. The summed E-state index contributed by atoms with van der Waals surface area (Å²) < 4.78 is 0. The summed E-state index contributed by atoms with van der Waals surface area (Å²) in [5.74, 6) is 0.810. The number of hydrogen-bond acceptors (Lipinski definition) is 4. The molecule has 17 heavy (non-hydrogen) atoms. The molecule has 2 nitrogen and oxygen atoms in total. The van der Waals surface area contributed by atoms with Gasteiger partial charge in [-0.1, -0.05) is 44.5 Å². The number of rotatable bonds is 5. The summed E-state index contributed by atoms with van der Waals surface area (Å²) in [7, 11) is 0. The molecule has 0 saturated carbocycles. The van der Waals surface area contributed by atoms with Gasteiger partial charge in [0.25, 0.3) is 0 Å². The molecule has 1 unspecified atom stereocenters. The smallest absolute Gasteiger partial charge is 0.157 e. The fourth-order valence-corrected chi connectivity index (χ4v) is 4.09. The number of thiophene rings is 1. The van der Waals surface area contributed by atoms with Crippen LogP contribution in [0.2, 0.25) is 0 Å². The Morgan fingerprint density at radius 2 is 2.29 bits per heavy atom. The van der Waals surface area contributed by atoms with Gasteiger partial charge in [-0.25, -0.2) is 0 Å². The summed E-state index contributed by atoms with van der Waals surface area (Å²) in [5.41, 5.74) is 0. The maximum atomic E-state index is 4.61. The van der Waals surface area contributed by atoms with Crippen molar-refractivity contribution in [1.29, 1.82) is 0 Å². The first-order chi connectivity index (χ1) is 8.33. The Balaban J connectivity index is 1.77. The Labute approximate surface area is 112 Å². The predicted octanol–water partition coefficient (Wildman–Crippen LogP) is 3.75. The van der Waals surface area contributed by atoms with Crippen molar-refractivity contribution in [2.24, 2.45) is 10.9 Å². The molecule has 2 rings (SSSR count). The van der Waals surface area contributed by atoms with Crippen LogP contribution in [-0.4, -0.2) is 17.0 Å². The highest BCUT2D eigenvalue weighted by Gasteiger charge is 2.25. The molecule has 0 spiro atoms. The van der Waals surface area contributed by atoms with Gasteiger partial charge in [0.2, 0.25) is 0 Å². The van der Waals surface area contributed by atoms with E-state index in [2.05, 4.69) is 41.7 Å². The number of hydrogen-bond donors (Lipinski definition) is 1. The fourth-order valence-electron chi connectivity index (χ4n) is 2.12. The first-order valence-corrected chi connectivity index (χ1v) is 8.06. The van der Waals surface area contributed by atoms with E-state index >= 15 is 0 Å². The molecule has 2 heterocycles. The highest BCUT2D eigenvalue weighted by molar-refractivity contribution is 8.14. The second kappa shape index (κ2) is 6.45. The van der Waals surface area contributed by atoms with Crippen LogP contribution in [0.5, 0.6) is 0 Å². The lowest BCUT2D eigenvalue weighted by atomic mass is 9.99. The van der Waals surface area contributed by atoms with Crippen LogP contribution in [0.4, 0.5) is 0 Å². The number of amidine groups is 1. The van der Waals surface area contributed by atoms with E-state index < -0.39 is 0 Å². The lowest BCUT2D eigenvalue weighted by molar-refractivity contribution is 0.479. The van der Waals surface area contributed by atoms with Crippen LogP contribution in [0, 0.1) is 5.92 Å². The normalized spacial score (nSPS) is 19.7. The Hall–Kier alpha value is -0.480. The van der Waals surface area contributed by atoms with Crippen molar-refractivity contribution in [1.82, 2.24) is 5.32 Å². The van der Waals surface area contributed by atoms with E-state index in [0.717, 1.165) is 24.2 Å². The number of nitrogens with one attached hydrogen (secondary N) is 1. The summed E-state index contributed by atoms with van der Waals surface area (Å²) in [4.78, 5) is 5.98. The Kier molecular flexibility index (Phi) is 4.92. The molecule has 0 amide bonds. The van der Waals surface area contributed by atoms with E-state index in [-0.39, 0.29) is 0 Å². The summed E-state index contributed by atoms with van der Waals surface area (Å²) in [6, 6.07) is 4.26. The minimum absolute atomic E-state index is 0.691. The molecular weight excluding hydrogens is 248 g/mol. The predicted molar refractivity (Wildman–Crippen MR) is 78.9 cm³/mol. The number of nitrogens with zero attached hydrogens (tertiary/aromatic N) is 1. The van der Waals surface area contributed by atoms with E-state index in [9.17, 15) is 0 Å². The van der Waals surface area contributed by atoms with Gasteiger partial charge in [-0.2, -0.15) is 0 Å². The highest BCUT2D eigenvalue weighted by Crippen LogP contribution is 2.30. The lowest BCUT2D eigenvalue weighted by Crippen LogP contribution is -2.21. The average Bonchev–Trinajstić information content (AvgIpc) is 2.99. The molecule has 0 aromatic carbocycles. The molecule has 1 aliphatic heterocycles. The zero-order chi connectivity index (χ0) is 12.1. The first-order valence-electron chi connectivity index (χ1n) is 6.30. The van der Waals surface area contributed by atoms with Crippen molar-refractivity contribution in [3.05, 3.63) is 22.4 Å². The van der Waals surface area contributed by atoms with Crippen LogP contribution >= 0.6 is 23.1 Å². The van der Waals surface area contributed by atoms with E-state index in [1.807, 2.05) is 11.8 Å². The van der Waals surface area contributed by atoms with Gasteiger partial charge in [-0.15, -0.1) is 11.3 Å². The molecule has 0 fully saturated rings. The number of aliphatic imine (C=N–C) groups is 1. The Bertz CT molecular complexity index is 356. The van der Waals surface area contributed by atoms with Crippen LogP contribution in [0.25, 0.3) is 0 Å². The van der Waals surface area contributed by atoms with Gasteiger partial charge in [0.15, 0.2) is 5.17 Å². The minimum atomic E-state index is 0.691. The second-order valence-electron chi connectivity index (χ2n) is 4.31. The molecule has 1 N–H and O–H groups in total. The van der Waals surface area contributed by atoms with Crippen molar-refractivity contribution in [3.63, 3.8) is 0 Å². The summed E-state index contributed by atoms with van der Waals surface area (Å²) in [6.45, 7) is 6.47. The molecule has 1 aromatic rings. The van der Waals surface area contributed by atoms with Crippen LogP contribution in [0.15, 0.2) is 22.5 Å². The van der Waals surface area contributed by atoms with Crippen molar-refractivity contribution in [2.45, 2.75) is 38.5 Å². The van der Waals surface area contributed by atoms with Gasteiger partial charge in [0.1, 0.15) is 0 Å². The molecule has 0 aliphatic carbocycles. The molecule has 1 aliphatic rings.